The van der Waals surface area contributed by atoms with Crippen molar-refractivity contribution in [3.8, 4) is 0 Å². The maximum Gasteiger partial charge on any atom is 0.416 e. The maximum absolute atomic E-state index is 12.7. The fourth-order valence-electron chi connectivity index (χ4n) is 3.03. The van der Waals surface area contributed by atoms with Crippen molar-refractivity contribution < 1.29 is 18.0 Å². The lowest BCUT2D eigenvalue weighted by atomic mass is 9.85. The molecule has 0 aliphatic heterocycles. The first-order chi connectivity index (χ1) is 10.9. The average Bonchev–Trinajstić information content (AvgIpc) is 2.53. The van der Waals surface area contributed by atoms with Gasteiger partial charge in [0.2, 0.25) is 5.91 Å². The second-order valence-electron chi connectivity index (χ2n) is 6.26. The molecule has 1 saturated carbocycles. The molecule has 0 bridgehead atoms. The molecule has 0 saturated heterocycles. The minimum absolute atomic E-state index is 0.123. The number of nitrogens with two attached hydrogens (primary N) is 1. The van der Waals surface area contributed by atoms with Crippen LogP contribution in [0.4, 0.5) is 18.9 Å². The van der Waals surface area contributed by atoms with Crippen LogP contribution in [0, 0.1) is 5.92 Å². The summed E-state index contributed by atoms with van der Waals surface area (Å²) in [5.41, 5.74) is 5.21. The summed E-state index contributed by atoms with van der Waals surface area (Å²) in [6.07, 6.45) is 3.14. The second kappa shape index (κ2) is 7.81. The number of rotatable bonds is 5. The third-order valence-electron chi connectivity index (χ3n) is 4.40. The number of hydrogen-bond acceptors (Lipinski definition) is 2. The molecule has 0 spiro atoms. The Morgan fingerprint density at radius 1 is 1.26 bits per heavy atom. The zero-order valence-corrected chi connectivity index (χ0v) is 13.0. The lowest BCUT2D eigenvalue weighted by Crippen LogP contribution is -2.36. The van der Waals surface area contributed by atoms with Crippen LogP contribution >= 0.6 is 0 Å². The van der Waals surface area contributed by atoms with E-state index in [0.29, 0.717) is 12.3 Å². The number of amides is 1. The highest BCUT2D eigenvalue weighted by Gasteiger charge is 2.30. The summed E-state index contributed by atoms with van der Waals surface area (Å²) in [5, 5.41) is 2.48. The number of anilines is 1. The topological polar surface area (TPSA) is 55.1 Å². The van der Waals surface area contributed by atoms with Crippen molar-refractivity contribution in [2.45, 2.75) is 57.2 Å². The van der Waals surface area contributed by atoms with Gasteiger partial charge in [-0.3, -0.25) is 4.79 Å². The molecule has 3 N–H and O–H groups in total. The normalized spacial score (nSPS) is 17.7. The predicted molar refractivity (Wildman–Crippen MR) is 83.9 cm³/mol. The Morgan fingerprint density at radius 3 is 2.61 bits per heavy atom. The first-order valence-electron chi connectivity index (χ1n) is 8.10. The summed E-state index contributed by atoms with van der Waals surface area (Å²) in [5.74, 6) is 0.191. The van der Waals surface area contributed by atoms with Crippen molar-refractivity contribution in [3.63, 3.8) is 0 Å². The largest absolute Gasteiger partial charge is 0.416 e. The van der Waals surface area contributed by atoms with Crippen molar-refractivity contribution >= 4 is 11.6 Å². The van der Waals surface area contributed by atoms with Gasteiger partial charge >= 0.3 is 6.18 Å². The Hall–Kier alpha value is -1.56. The number of alkyl halides is 3. The zero-order chi connectivity index (χ0) is 16.9. The molecule has 128 valence electrons. The van der Waals surface area contributed by atoms with Gasteiger partial charge in [-0.25, -0.2) is 0 Å². The fourth-order valence-corrected chi connectivity index (χ4v) is 3.03. The second-order valence-corrected chi connectivity index (χ2v) is 6.26. The van der Waals surface area contributed by atoms with Crippen LogP contribution in [0.1, 0.15) is 50.5 Å². The molecule has 1 atom stereocenters. The summed E-state index contributed by atoms with van der Waals surface area (Å²) < 4.78 is 38.0. The van der Waals surface area contributed by atoms with E-state index in [9.17, 15) is 18.0 Å². The Balaban J connectivity index is 1.85. The summed E-state index contributed by atoms with van der Waals surface area (Å²) in [4.78, 5) is 12.0. The Morgan fingerprint density at radius 2 is 1.96 bits per heavy atom. The highest BCUT2D eigenvalue weighted by molar-refractivity contribution is 5.94. The van der Waals surface area contributed by atoms with Crippen molar-refractivity contribution in [2.75, 3.05) is 5.32 Å². The van der Waals surface area contributed by atoms with Crippen molar-refractivity contribution in [3.05, 3.63) is 29.8 Å². The molecule has 1 aliphatic carbocycles. The van der Waals surface area contributed by atoms with Gasteiger partial charge in [0.15, 0.2) is 0 Å². The number of halogens is 3. The van der Waals surface area contributed by atoms with Crippen LogP contribution in [0.15, 0.2) is 24.3 Å². The van der Waals surface area contributed by atoms with Gasteiger partial charge in [-0.05, 0) is 37.0 Å². The van der Waals surface area contributed by atoms with E-state index >= 15 is 0 Å². The molecule has 1 aliphatic rings. The zero-order valence-electron chi connectivity index (χ0n) is 13.0. The van der Waals surface area contributed by atoms with E-state index in [-0.39, 0.29) is 5.69 Å². The third-order valence-corrected chi connectivity index (χ3v) is 4.40. The van der Waals surface area contributed by atoms with Crippen molar-refractivity contribution in [2.24, 2.45) is 11.7 Å². The van der Waals surface area contributed by atoms with Crippen molar-refractivity contribution in [1.29, 1.82) is 0 Å². The Bertz CT molecular complexity index is 525. The lowest BCUT2D eigenvalue weighted by molar-refractivity contribution is -0.137. The number of benzene rings is 1. The number of carbonyl (C=O) groups is 1. The van der Waals surface area contributed by atoms with E-state index < -0.39 is 23.7 Å². The molecule has 0 aromatic heterocycles. The molecule has 1 amide bonds. The quantitative estimate of drug-likeness (QED) is 0.845. The van der Waals surface area contributed by atoms with Crippen LogP contribution in [0.5, 0.6) is 0 Å². The van der Waals surface area contributed by atoms with E-state index in [0.717, 1.165) is 18.6 Å². The van der Waals surface area contributed by atoms with E-state index in [2.05, 4.69) is 5.32 Å². The first-order valence-corrected chi connectivity index (χ1v) is 8.10. The highest BCUT2D eigenvalue weighted by Crippen LogP contribution is 2.31. The van der Waals surface area contributed by atoms with Crippen LogP contribution in [-0.2, 0) is 11.0 Å². The lowest BCUT2D eigenvalue weighted by Gasteiger charge is -2.22. The number of carbonyl (C=O) groups excluding carboxylic acids is 1. The van der Waals surface area contributed by atoms with E-state index in [1.165, 1.54) is 44.2 Å². The number of nitrogens with one attached hydrogen (secondary N) is 1. The summed E-state index contributed by atoms with van der Waals surface area (Å²) in [6, 6.07) is 3.91. The Kier molecular flexibility index (Phi) is 6.04. The molecule has 1 aromatic carbocycles. The molecular formula is C17H23F3N2O. The smallest absolute Gasteiger partial charge is 0.325 e. The summed E-state index contributed by atoms with van der Waals surface area (Å²) in [6.45, 7) is 0. The van der Waals surface area contributed by atoms with E-state index in [4.69, 9.17) is 5.73 Å². The molecular weight excluding hydrogens is 305 g/mol. The molecule has 0 radical (unpaired) electrons. The standard InChI is InChI=1S/C17H23F3N2O/c18-17(19,20)13-7-4-8-14(11-13)22-16(23)15(21)10-9-12-5-2-1-3-6-12/h4,7-8,11-12,15H,1-3,5-6,9-10,21H2,(H,22,23). The minimum Gasteiger partial charge on any atom is -0.325 e. The summed E-state index contributed by atoms with van der Waals surface area (Å²) >= 11 is 0. The molecule has 3 nitrogen and oxygen atoms in total. The van der Waals surface area contributed by atoms with Gasteiger partial charge in [-0.2, -0.15) is 13.2 Å². The van der Waals surface area contributed by atoms with Gasteiger partial charge in [0, 0.05) is 5.69 Å². The van der Waals surface area contributed by atoms with Crippen LogP contribution in [-0.4, -0.2) is 11.9 Å². The predicted octanol–water partition coefficient (Wildman–Crippen LogP) is 4.33. The maximum atomic E-state index is 12.7. The molecule has 1 fully saturated rings. The molecule has 1 aromatic rings. The Labute approximate surface area is 134 Å². The molecule has 6 heteroatoms. The molecule has 1 unspecified atom stereocenters. The van der Waals surface area contributed by atoms with E-state index in [1.807, 2.05) is 0 Å². The van der Waals surface area contributed by atoms with Crippen LogP contribution in [0.2, 0.25) is 0 Å². The SMILES string of the molecule is NC(CCC1CCCCC1)C(=O)Nc1cccc(C(F)(F)F)c1. The molecule has 2 rings (SSSR count). The average molecular weight is 328 g/mol. The molecule has 0 heterocycles. The number of hydrogen-bond donors (Lipinski definition) is 2. The van der Waals surface area contributed by atoms with Gasteiger partial charge in [0.1, 0.15) is 0 Å². The van der Waals surface area contributed by atoms with Gasteiger partial charge < -0.3 is 11.1 Å². The van der Waals surface area contributed by atoms with Gasteiger partial charge in [-0.1, -0.05) is 38.2 Å². The molecule has 23 heavy (non-hydrogen) atoms. The van der Waals surface area contributed by atoms with Crippen LogP contribution < -0.4 is 11.1 Å². The minimum atomic E-state index is -4.43. The first kappa shape index (κ1) is 17.8. The van der Waals surface area contributed by atoms with Crippen LogP contribution in [0.25, 0.3) is 0 Å². The van der Waals surface area contributed by atoms with Gasteiger partial charge in [0.25, 0.3) is 0 Å². The van der Waals surface area contributed by atoms with E-state index in [1.54, 1.807) is 0 Å². The highest BCUT2D eigenvalue weighted by atomic mass is 19.4. The summed E-state index contributed by atoms with van der Waals surface area (Å²) in [7, 11) is 0. The van der Waals surface area contributed by atoms with Gasteiger partial charge in [-0.15, -0.1) is 0 Å². The van der Waals surface area contributed by atoms with Crippen LogP contribution in [0.3, 0.4) is 0 Å². The fraction of sp³-hybridized carbons (Fsp3) is 0.588. The monoisotopic (exact) mass is 328 g/mol. The van der Waals surface area contributed by atoms with Crippen molar-refractivity contribution in [1.82, 2.24) is 0 Å². The van der Waals surface area contributed by atoms with Gasteiger partial charge in [0.05, 0.1) is 11.6 Å². The third kappa shape index (κ3) is 5.53.